The number of imidazole rings is 1. The first-order valence-electron chi connectivity index (χ1n) is 24.1. The van der Waals surface area contributed by atoms with E-state index in [9.17, 15) is 56.4 Å². The summed E-state index contributed by atoms with van der Waals surface area (Å²) in [6.07, 6.45) is 3.36. The Hall–Kier alpha value is -7.45. The SMILES string of the molecule is CNCC(=O)N[C@@H](CCCN=C(N)N)C(=O)N[C@H](C(=O)N[C@@H](Cc1ccc(S(=O)(=O)O)cc1)C(=O)N[C@H](C(=O)N[C@@H](Cc1cnc[nH]1)C(=O)N1CCC[C@@H]1C(=O)N[C@@H](Cc1ccccc1)C(=O)O)C(C)C)C(C)C. The number of benzene rings is 2. The maximum Gasteiger partial charge on any atom is 0.326 e. The first-order valence-corrected chi connectivity index (χ1v) is 25.5. The van der Waals surface area contributed by atoms with Gasteiger partial charge in [-0.1, -0.05) is 70.2 Å². The van der Waals surface area contributed by atoms with Gasteiger partial charge in [-0.15, -0.1) is 0 Å². The van der Waals surface area contributed by atoms with Crippen molar-refractivity contribution in [2.45, 2.75) is 120 Å². The van der Waals surface area contributed by atoms with Crippen LogP contribution in [-0.4, -0.2) is 155 Å². The van der Waals surface area contributed by atoms with Crippen LogP contribution >= 0.6 is 0 Å². The number of likely N-dealkylation sites (N-methyl/N-ethyl adjacent to an activating group) is 1. The third kappa shape index (κ3) is 18.2. The van der Waals surface area contributed by atoms with E-state index in [-0.39, 0.29) is 64.1 Å². The zero-order chi connectivity index (χ0) is 54.7. The number of aromatic nitrogens is 2. The molecule has 25 nitrogen and oxygen atoms in total. The molecule has 26 heteroatoms. The zero-order valence-corrected chi connectivity index (χ0v) is 42.8. The van der Waals surface area contributed by atoms with Crippen LogP contribution < -0.4 is 48.7 Å². The lowest BCUT2D eigenvalue weighted by Gasteiger charge is -2.31. The van der Waals surface area contributed by atoms with Crippen LogP contribution in [0.15, 0.2) is 77.0 Å². The highest BCUT2D eigenvalue weighted by molar-refractivity contribution is 7.85. The van der Waals surface area contributed by atoms with Crippen molar-refractivity contribution < 1.29 is 56.4 Å². The minimum absolute atomic E-state index is 0.00841. The number of nitrogens with two attached hydrogens (primary N) is 2. The number of carbonyl (C=O) groups excluding carboxylic acids is 7. The second kappa shape index (κ2) is 28.1. The molecule has 1 aliphatic rings. The number of likely N-dealkylation sites (tertiary alicyclic amines) is 1. The van der Waals surface area contributed by atoms with Gasteiger partial charge in [0.25, 0.3) is 10.1 Å². The van der Waals surface area contributed by atoms with Gasteiger partial charge in [-0.05, 0) is 67.8 Å². The molecule has 7 atom stereocenters. The van der Waals surface area contributed by atoms with E-state index in [1.807, 2.05) is 0 Å². The van der Waals surface area contributed by atoms with Crippen LogP contribution in [0.2, 0.25) is 0 Å². The summed E-state index contributed by atoms with van der Waals surface area (Å²) in [4.78, 5) is 122. The summed E-state index contributed by atoms with van der Waals surface area (Å²) in [5.74, 6) is -7.81. The highest BCUT2D eigenvalue weighted by Gasteiger charge is 2.41. The quantitative estimate of drug-likeness (QED) is 0.0166. The average Bonchev–Trinajstić information content (AvgIpc) is 4.06. The molecule has 0 aliphatic carbocycles. The molecule has 0 bridgehead atoms. The van der Waals surface area contributed by atoms with Crippen molar-refractivity contribution >= 4 is 63.4 Å². The van der Waals surface area contributed by atoms with Gasteiger partial charge in [0, 0.05) is 44.2 Å². The van der Waals surface area contributed by atoms with Crippen molar-refractivity contribution in [3.63, 3.8) is 0 Å². The molecular weight excluding hydrogens is 983 g/mol. The van der Waals surface area contributed by atoms with Crippen LogP contribution in [0, 0.1) is 11.8 Å². The van der Waals surface area contributed by atoms with Gasteiger partial charge in [0.15, 0.2) is 5.96 Å². The topological polar surface area (TPSA) is 392 Å². The van der Waals surface area contributed by atoms with E-state index in [1.54, 1.807) is 65.1 Å². The average molecular weight is 1050 g/mol. The molecule has 2 heterocycles. The Morgan fingerprint density at radius 2 is 1.34 bits per heavy atom. The van der Waals surface area contributed by atoms with Crippen molar-refractivity contribution in [3.8, 4) is 0 Å². The molecule has 1 fully saturated rings. The first kappa shape index (κ1) is 59.1. The fourth-order valence-electron chi connectivity index (χ4n) is 8.16. The number of H-pyrrole nitrogens is 1. The van der Waals surface area contributed by atoms with Gasteiger partial charge in [0.05, 0.1) is 17.8 Å². The van der Waals surface area contributed by atoms with Crippen molar-refractivity contribution in [1.82, 2.24) is 52.1 Å². The number of rotatable bonds is 28. The number of guanidine groups is 1. The van der Waals surface area contributed by atoms with E-state index < -0.39 is 116 Å². The summed E-state index contributed by atoms with van der Waals surface area (Å²) in [6.45, 7) is 6.66. The van der Waals surface area contributed by atoms with Gasteiger partial charge >= 0.3 is 5.97 Å². The maximum absolute atomic E-state index is 14.5. The smallest absolute Gasteiger partial charge is 0.326 e. The van der Waals surface area contributed by atoms with Gasteiger partial charge in [-0.3, -0.25) is 43.1 Å². The molecule has 1 aliphatic heterocycles. The predicted molar refractivity (Wildman–Crippen MR) is 270 cm³/mol. The molecule has 0 unspecified atom stereocenters. The molecule has 4 rings (SSSR count). The molecule has 7 amide bonds. The monoisotopic (exact) mass is 1050 g/mol. The van der Waals surface area contributed by atoms with Gasteiger partial charge < -0.3 is 63.7 Å². The molecular formula is C48H69N13O12S. The van der Waals surface area contributed by atoms with Crippen LogP contribution in [0.25, 0.3) is 0 Å². The molecule has 3 aromatic rings. The lowest BCUT2D eigenvalue weighted by Crippen LogP contribution is -2.61. The Morgan fingerprint density at radius 1 is 0.757 bits per heavy atom. The van der Waals surface area contributed by atoms with Crippen LogP contribution in [0.4, 0.5) is 0 Å². The maximum atomic E-state index is 14.5. The first-order chi connectivity index (χ1) is 35.0. The van der Waals surface area contributed by atoms with Crippen LogP contribution in [0.3, 0.4) is 0 Å². The van der Waals surface area contributed by atoms with Crippen molar-refractivity contribution in [2.75, 3.05) is 26.7 Å². The fraction of sp³-hybridized carbons (Fsp3) is 0.500. The Kier molecular flexibility index (Phi) is 22.5. The van der Waals surface area contributed by atoms with E-state index in [1.165, 1.54) is 29.6 Å². The molecule has 404 valence electrons. The molecule has 14 N–H and O–H groups in total. The van der Waals surface area contributed by atoms with Gasteiger partial charge in [-0.2, -0.15) is 8.42 Å². The minimum Gasteiger partial charge on any atom is -0.480 e. The molecule has 0 saturated carbocycles. The Bertz CT molecular complexity index is 2540. The van der Waals surface area contributed by atoms with Crippen LogP contribution in [0.5, 0.6) is 0 Å². The number of carboxylic acids is 1. The van der Waals surface area contributed by atoms with Crippen molar-refractivity contribution in [1.29, 1.82) is 0 Å². The normalized spacial score (nSPS) is 15.9. The Balaban J connectivity index is 1.60. The van der Waals surface area contributed by atoms with Gasteiger partial charge in [-0.25, -0.2) is 9.78 Å². The van der Waals surface area contributed by atoms with Gasteiger partial charge in [0.2, 0.25) is 41.4 Å². The van der Waals surface area contributed by atoms with E-state index in [2.05, 4.69) is 52.2 Å². The van der Waals surface area contributed by atoms with Crippen molar-refractivity contribution in [2.24, 2.45) is 28.3 Å². The molecule has 74 heavy (non-hydrogen) atoms. The summed E-state index contributed by atoms with van der Waals surface area (Å²) in [5, 5.41) is 28.7. The highest BCUT2D eigenvalue weighted by Crippen LogP contribution is 2.21. The predicted octanol–water partition coefficient (Wildman–Crippen LogP) is -1.75. The number of aliphatic carboxylic acids is 1. The van der Waals surface area contributed by atoms with Crippen LogP contribution in [-0.2, 0) is 67.7 Å². The summed E-state index contributed by atoms with van der Waals surface area (Å²) >= 11 is 0. The number of carboxylic acid groups (broad SMARTS) is 1. The number of hydrogen-bond donors (Lipinski definition) is 12. The Morgan fingerprint density at radius 3 is 1.88 bits per heavy atom. The van der Waals surface area contributed by atoms with Crippen LogP contribution in [0.1, 0.15) is 70.2 Å². The third-order valence-corrected chi connectivity index (χ3v) is 12.9. The Labute approximate surface area is 429 Å². The van der Waals surface area contributed by atoms with E-state index in [0.29, 0.717) is 23.2 Å². The zero-order valence-electron chi connectivity index (χ0n) is 42.0. The molecule has 0 spiro atoms. The van der Waals surface area contributed by atoms with Crippen molar-refractivity contribution in [3.05, 3.63) is 83.9 Å². The summed E-state index contributed by atoms with van der Waals surface area (Å²) < 4.78 is 33.3. The lowest BCUT2D eigenvalue weighted by atomic mass is 9.98. The second-order valence-corrected chi connectivity index (χ2v) is 20.0. The molecule has 1 aromatic heterocycles. The fourth-order valence-corrected chi connectivity index (χ4v) is 8.64. The molecule has 1 saturated heterocycles. The number of aliphatic imine (C=N–C) groups is 1. The number of carbonyl (C=O) groups is 8. The van der Waals surface area contributed by atoms with E-state index >= 15 is 0 Å². The van der Waals surface area contributed by atoms with E-state index in [0.717, 1.165) is 12.1 Å². The summed E-state index contributed by atoms with van der Waals surface area (Å²) in [6, 6.07) is 4.54. The van der Waals surface area contributed by atoms with E-state index in [4.69, 9.17) is 11.5 Å². The lowest BCUT2D eigenvalue weighted by molar-refractivity contribution is -0.145. The summed E-state index contributed by atoms with van der Waals surface area (Å²) in [5.41, 5.74) is 12.3. The minimum atomic E-state index is -4.60. The molecule has 2 aromatic carbocycles. The third-order valence-electron chi connectivity index (χ3n) is 12.1. The number of aromatic amines is 1. The number of nitrogens with one attached hydrogen (secondary N) is 8. The number of hydrogen-bond acceptors (Lipinski definition) is 13. The second-order valence-electron chi connectivity index (χ2n) is 18.6. The standard InChI is InChI=1S/C48H69N13O12S/c1-27(2)39(59-41(63)33(55-38(62)25-51-5)13-9-19-53-48(49)50)44(66)56-34(21-30-15-17-32(18-16-30)74(71,72)73)42(64)60-40(28(3)4)45(67)57-35(23-31-24-52-26-54-31)46(68)61-20-10-14-37(61)43(65)58-36(47(69)70)22-29-11-7-6-8-12-29/h6-8,11-12,15-18,24,26-28,33-37,39-40,51H,9-10,13-14,19-23,25H2,1-5H3,(H,52,54)(H,55,62)(H,56,66)(H,57,67)(H,58,65)(H,59,63)(H,60,64)(H,69,70)(H4,49,50,53)(H,71,72,73)/t33-,34-,35-,36-,37+,39-,40-/m0/s1. The number of amides is 7. The highest BCUT2D eigenvalue weighted by atomic mass is 32.2. The van der Waals surface area contributed by atoms with Gasteiger partial charge in [0.1, 0.15) is 42.3 Å². The number of nitrogens with zero attached hydrogens (tertiary/aromatic N) is 3. The largest absolute Gasteiger partial charge is 0.480 e. The summed E-state index contributed by atoms with van der Waals surface area (Å²) in [7, 11) is -3.06. The molecule has 0 radical (unpaired) electrons.